The second kappa shape index (κ2) is 6.02. The van der Waals surface area contributed by atoms with Crippen LogP contribution < -0.4 is 5.32 Å². The van der Waals surface area contributed by atoms with Crippen molar-refractivity contribution in [2.75, 3.05) is 19.6 Å². The van der Waals surface area contributed by atoms with Gasteiger partial charge in [0.05, 0.1) is 0 Å². The topological polar surface area (TPSA) is 37.3 Å². The normalized spacial score (nSPS) is 26.2. The van der Waals surface area contributed by atoms with Gasteiger partial charge in [-0.2, -0.15) is 0 Å². The minimum Gasteiger partial charge on any atom is -0.333 e. The van der Waals surface area contributed by atoms with Crippen molar-refractivity contribution in [2.24, 2.45) is 5.92 Å². The number of piperidine rings is 1. The van der Waals surface area contributed by atoms with Crippen molar-refractivity contribution in [1.29, 1.82) is 0 Å². The van der Waals surface area contributed by atoms with Gasteiger partial charge in [-0.15, -0.1) is 0 Å². The maximum absolute atomic E-state index is 12.5. The predicted octanol–water partition coefficient (Wildman–Crippen LogP) is 3.46. The number of nitrogens with one attached hydrogen (secondary N) is 1. The Hall–Kier alpha value is -1.78. The van der Waals surface area contributed by atoms with E-state index in [1.807, 2.05) is 42.7 Å². The van der Waals surface area contributed by atoms with Crippen LogP contribution in [0.3, 0.4) is 0 Å². The van der Waals surface area contributed by atoms with Crippen LogP contribution in [0.25, 0.3) is 11.1 Å². The second-order valence-corrected chi connectivity index (χ2v) is 7.05. The van der Waals surface area contributed by atoms with Crippen LogP contribution in [-0.2, 0) is 0 Å². The van der Waals surface area contributed by atoms with Gasteiger partial charge in [0.15, 0.2) is 0 Å². The number of rotatable bonds is 2. The Kier molecular flexibility index (Phi) is 3.87. The van der Waals surface area contributed by atoms with Gasteiger partial charge in [0.25, 0.3) is 0 Å². The number of carbonyl (C=O) groups excluding carboxylic acids is 1. The first-order chi connectivity index (χ1) is 11.2. The van der Waals surface area contributed by atoms with E-state index in [-0.39, 0.29) is 12.1 Å². The lowest BCUT2D eigenvalue weighted by atomic mass is 9.97. The van der Waals surface area contributed by atoms with Crippen molar-refractivity contribution in [2.45, 2.75) is 18.9 Å². The van der Waals surface area contributed by atoms with E-state index >= 15 is 0 Å². The Morgan fingerprint density at radius 1 is 1.13 bits per heavy atom. The Morgan fingerprint density at radius 3 is 2.74 bits per heavy atom. The van der Waals surface area contributed by atoms with E-state index in [0.29, 0.717) is 5.02 Å². The lowest BCUT2D eigenvalue weighted by molar-refractivity contribution is 0.206. The van der Waals surface area contributed by atoms with Crippen LogP contribution in [0.2, 0.25) is 5.02 Å². The molecule has 1 aromatic heterocycles. The van der Waals surface area contributed by atoms with Gasteiger partial charge in [0, 0.05) is 36.5 Å². The minimum atomic E-state index is -0.0438. The van der Waals surface area contributed by atoms with Crippen LogP contribution in [0.15, 0.2) is 42.7 Å². The van der Waals surface area contributed by atoms with E-state index in [1.165, 1.54) is 19.5 Å². The molecule has 1 aromatic carbocycles. The van der Waals surface area contributed by atoms with E-state index in [1.54, 1.807) is 4.57 Å². The number of aromatic nitrogens is 1. The van der Waals surface area contributed by atoms with Gasteiger partial charge in [0.2, 0.25) is 0 Å². The van der Waals surface area contributed by atoms with Crippen molar-refractivity contribution in [3.8, 4) is 11.1 Å². The number of hydrogen-bond acceptors (Lipinski definition) is 2. The molecule has 2 aliphatic heterocycles. The van der Waals surface area contributed by atoms with Crippen LogP contribution in [0.5, 0.6) is 0 Å². The van der Waals surface area contributed by atoms with Gasteiger partial charge in [-0.1, -0.05) is 23.7 Å². The highest BCUT2D eigenvalue weighted by atomic mass is 35.5. The molecule has 3 heterocycles. The Bertz CT molecular complexity index is 697. The van der Waals surface area contributed by atoms with Gasteiger partial charge in [-0.25, -0.2) is 4.79 Å². The van der Waals surface area contributed by atoms with Crippen molar-refractivity contribution < 1.29 is 4.79 Å². The summed E-state index contributed by atoms with van der Waals surface area (Å²) in [5, 5.41) is 3.89. The molecule has 0 saturated carbocycles. The highest BCUT2D eigenvalue weighted by molar-refractivity contribution is 6.30. The lowest BCUT2D eigenvalue weighted by Gasteiger charge is -2.30. The molecule has 2 saturated heterocycles. The third-order valence-electron chi connectivity index (χ3n) is 4.90. The average Bonchev–Trinajstić information content (AvgIpc) is 3.15. The van der Waals surface area contributed by atoms with Crippen LogP contribution in [-0.4, -0.2) is 41.2 Å². The molecule has 5 heteroatoms. The van der Waals surface area contributed by atoms with Crippen molar-refractivity contribution in [1.82, 2.24) is 14.8 Å². The molecule has 1 unspecified atom stereocenters. The largest absolute Gasteiger partial charge is 0.333 e. The van der Waals surface area contributed by atoms with E-state index in [0.717, 1.165) is 30.0 Å². The number of halogens is 1. The SMILES string of the molecule is O=C(N[C@@H]1C[C@H]2CCN(C2)C1)n1ccc(-c2ccc(Cl)cc2)c1. The molecule has 120 valence electrons. The van der Waals surface area contributed by atoms with Gasteiger partial charge in [-0.3, -0.25) is 4.57 Å². The number of hydrogen-bond donors (Lipinski definition) is 1. The Morgan fingerprint density at radius 2 is 1.96 bits per heavy atom. The summed E-state index contributed by atoms with van der Waals surface area (Å²) < 4.78 is 1.63. The molecule has 23 heavy (non-hydrogen) atoms. The highest BCUT2D eigenvalue weighted by Gasteiger charge is 2.32. The Balaban J connectivity index is 1.44. The number of amides is 1. The van der Waals surface area contributed by atoms with Crippen LogP contribution in [0.4, 0.5) is 4.79 Å². The predicted molar refractivity (Wildman–Crippen MR) is 91.8 cm³/mol. The molecule has 2 bridgehead atoms. The first-order valence-corrected chi connectivity index (χ1v) is 8.52. The van der Waals surface area contributed by atoms with Gasteiger partial charge >= 0.3 is 6.03 Å². The number of benzene rings is 1. The molecule has 2 aromatic rings. The summed E-state index contributed by atoms with van der Waals surface area (Å²) >= 11 is 5.92. The van der Waals surface area contributed by atoms with E-state index < -0.39 is 0 Å². The first-order valence-electron chi connectivity index (χ1n) is 8.14. The summed E-state index contributed by atoms with van der Waals surface area (Å²) in [4.78, 5) is 14.9. The Labute approximate surface area is 141 Å². The van der Waals surface area contributed by atoms with Gasteiger partial charge in [0.1, 0.15) is 0 Å². The summed E-state index contributed by atoms with van der Waals surface area (Å²) in [7, 11) is 0. The molecule has 0 spiro atoms. The van der Waals surface area contributed by atoms with Crippen molar-refractivity contribution >= 4 is 17.6 Å². The zero-order chi connectivity index (χ0) is 15.8. The van der Waals surface area contributed by atoms with Crippen molar-refractivity contribution in [3.63, 3.8) is 0 Å². The van der Waals surface area contributed by atoms with E-state index in [9.17, 15) is 4.79 Å². The molecule has 2 fully saturated rings. The number of nitrogens with zero attached hydrogens (tertiary/aromatic N) is 2. The average molecular weight is 330 g/mol. The maximum Gasteiger partial charge on any atom is 0.325 e. The fourth-order valence-corrected chi connectivity index (χ4v) is 3.88. The van der Waals surface area contributed by atoms with E-state index in [4.69, 9.17) is 11.6 Å². The van der Waals surface area contributed by atoms with Crippen LogP contribution in [0.1, 0.15) is 12.8 Å². The molecule has 2 aliphatic rings. The molecular formula is C18H20ClN3O. The summed E-state index contributed by atoms with van der Waals surface area (Å²) in [5.74, 6) is 0.753. The number of carbonyl (C=O) groups is 1. The summed E-state index contributed by atoms with van der Waals surface area (Å²) in [6.45, 7) is 3.37. The quantitative estimate of drug-likeness (QED) is 0.916. The van der Waals surface area contributed by atoms with Gasteiger partial charge in [-0.05, 0) is 54.6 Å². The molecule has 4 rings (SSSR count). The maximum atomic E-state index is 12.5. The molecule has 4 nitrogen and oxygen atoms in total. The van der Waals surface area contributed by atoms with Gasteiger partial charge < -0.3 is 10.2 Å². The third-order valence-corrected chi connectivity index (χ3v) is 5.15. The fourth-order valence-electron chi connectivity index (χ4n) is 3.75. The lowest BCUT2D eigenvalue weighted by Crippen LogP contribution is -2.47. The van der Waals surface area contributed by atoms with E-state index in [2.05, 4.69) is 10.2 Å². The first kappa shape index (κ1) is 14.8. The van der Waals surface area contributed by atoms with Crippen molar-refractivity contribution in [3.05, 3.63) is 47.7 Å². The third kappa shape index (κ3) is 3.14. The summed E-state index contributed by atoms with van der Waals surface area (Å²) in [6, 6.07) is 9.83. The second-order valence-electron chi connectivity index (χ2n) is 6.61. The molecule has 1 N–H and O–H groups in total. The molecule has 1 amide bonds. The standard InChI is InChI=1S/C18H20ClN3O/c19-16-3-1-14(2-4-16)15-6-8-22(11-15)18(23)20-17-9-13-5-7-21(10-13)12-17/h1-4,6,8,11,13,17H,5,7,9-10,12H2,(H,20,23)/t13-,17-/m1/s1. The summed E-state index contributed by atoms with van der Waals surface area (Å²) in [5.41, 5.74) is 2.08. The zero-order valence-corrected chi connectivity index (χ0v) is 13.7. The molecule has 0 radical (unpaired) electrons. The molecular weight excluding hydrogens is 310 g/mol. The summed E-state index contributed by atoms with van der Waals surface area (Å²) in [6.07, 6.45) is 6.07. The molecule has 3 atom stereocenters. The minimum absolute atomic E-state index is 0.0438. The van der Waals surface area contributed by atoms with Crippen LogP contribution >= 0.6 is 11.6 Å². The smallest absolute Gasteiger partial charge is 0.325 e. The zero-order valence-electron chi connectivity index (χ0n) is 12.9. The highest BCUT2D eigenvalue weighted by Crippen LogP contribution is 2.27. The molecule has 0 aliphatic carbocycles. The fraction of sp³-hybridized carbons (Fsp3) is 0.389. The monoisotopic (exact) mass is 329 g/mol. The van der Waals surface area contributed by atoms with Crippen LogP contribution in [0, 0.1) is 5.92 Å². The number of fused-ring (bicyclic) bond motifs is 2.